The molecule has 2 saturated carbocycles. The average Bonchev–Trinajstić information content (AvgIpc) is 2.81. The van der Waals surface area contributed by atoms with Crippen molar-refractivity contribution in [2.45, 2.75) is 108 Å². The number of benzene rings is 1. The van der Waals surface area contributed by atoms with E-state index in [1.165, 1.54) is 76.3 Å². The molecule has 3 rings (SSSR count). The third-order valence-corrected chi connectivity index (χ3v) is 8.06. The summed E-state index contributed by atoms with van der Waals surface area (Å²) in [5.41, 5.74) is 0.753. The molecule has 0 aliphatic heterocycles. The van der Waals surface area contributed by atoms with Gasteiger partial charge in [-0.05, 0) is 79.7 Å². The third-order valence-electron chi connectivity index (χ3n) is 8.06. The molecule has 1 aromatic rings. The Labute approximate surface area is 190 Å². The summed E-state index contributed by atoms with van der Waals surface area (Å²) in [5, 5.41) is 0. The van der Waals surface area contributed by atoms with Crippen LogP contribution >= 0.6 is 0 Å². The molecule has 5 heteroatoms. The summed E-state index contributed by atoms with van der Waals surface area (Å²) in [6.07, 6.45) is 8.98. The monoisotopic (exact) mass is 458 g/mol. The van der Waals surface area contributed by atoms with E-state index in [2.05, 4.69) is 0 Å². The van der Waals surface area contributed by atoms with E-state index in [1.807, 2.05) is 0 Å². The second kappa shape index (κ2) is 12.4. The highest BCUT2D eigenvalue weighted by molar-refractivity contribution is 5.27. The number of rotatable bonds is 10. The van der Waals surface area contributed by atoms with Gasteiger partial charge in [0.15, 0.2) is 0 Å². The molecule has 0 heterocycles. The number of unbranched alkanes of at least 4 members (excludes halogenated alkanes) is 4. The molecule has 0 radical (unpaired) electrons. The van der Waals surface area contributed by atoms with Crippen molar-refractivity contribution >= 4 is 0 Å². The van der Waals surface area contributed by atoms with Gasteiger partial charge in [0.1, 0.15) is 0 Å². The maximum atomic E-state index is 13.5. The molecule has 182 valence electrons. The van der Waals surface area contributed by atoms with E-state index in [0.717, 1.165) is 49.0 Å². The van der Waals surface area contributed by atoms with Crippen molar-refractivity contribution in [3.63, 3.8) is 0 Å². The maximum absolute atomic E-state index is 13.5. The molecule has 1 aromatic carbocycles. The van der Waals surface area contributed by atoms with E-state index in [-0.39, 0.29) is 12.2 Å². The Balaban J connectivity index is 1.36. The SMILES string of the molecule is FCCCCCCCC1CCC(C2CCC(c3ccc(C(F)C(F)(F)F)cc3)CC2)CC1. The van der Waals surface area contributed by atoms with Gasteiger partial charge in [-0.15, -0.1) is 0 Å². The maximum Gasteiger partial charge on any atom is 0.423 e. The Morgan fingerprint density at radius 2 is 1.25 bits per heavy atom. The van der Waals surface area contributed by atoms with Crippen LogP contribution in [-0.2, 0) is 0 Å². The summed E-state index contributed by atoms with van der Waals surface area (Å²) in [7, 11) is 0. The van der Waals surface area contributed by atoms with Gasteiger partial charge >= 0.3 is 6.18 Å². The highest BCUT2D eigenvalue weighted by Gasteiger charge is 2.41. The molecular weight excluding hydrogens is 419 g/mol. The molecular formula is C27H39F5. The van der Waals surface area contributed by atoms with Gasteiger partial charge < -0.3 is 0 Å². The average molecular weight is 459 g/mol. The molecule has 0 bridgehead atoms. The second-order valence-corrected chi connectivity index (χ2v) is 10.2. The number of halogens is 5. The van der Waals surface area contributed by atoms with E-state index in [4.69, 9.17) is 0 Å². The van der Waals surface area contributed by atoms with Gasteiger partial charge in [0, 0.05) is 0 Å². The minimum absolute atomic E-state index is 0.181. The van der Waals surface area contributed by atoms with E-state index < -0.39 is 12.3 Å². The van der Waals surface area contributed by atoms with Gasteiger partial charge in [-0.3, -0.25) is 4.39 Å². The molecule has 0 spiro atoms. The first-order chi connectivity index (χ1) is 15.4. The molecule has 0 aromatic heterocycles. The minimum atomic E-state index is -4.84. The van der Waals surface area contributed by atoms with Crippen molar-refractivity contribution in [1.82, 2.24) is 0 Å². The van der Waals surface area contributed by atoms with E-state index in [9.17, 15) is 22.0 Å². The van der Waals surface area contributed by atoms with E-state index in [0.29, 0.717) is 5.92 Å². The quantitative estimate of drug-likeness (QED) is 0.242. The van der Waals surface area contributed by atoms with E-state index >= 15 is 0 Å². The predicted molar refractivity (Wildman–Crippen MR) is 120 cm³/mol. The zero-order valence-electron chi connectivity index (χ0n) is 19.2. The molecule has 0 amide bonds. The van der Waals surface area contributed by atoms with Crippen molar-refractivity contribution < 1.29 is 22.0 Å². The molecule has 1 unspecified atom stereocenters. The number of hydrogen-bond donors (Lipinski definition) is 0. The third kappa shape index (κ3) is 7.45. The van der Waals surface area contributed by atoms with Gasteiger partial charge in [0.2, 0.25) is 6.17 Å². The summed E-state index contributed by atoms with van der Waals surface area (Å²) in [5.74, 6) is 2.88. The van der Waals surface area contributed by atoms with Crippen LogP contribution in [0.25, 0.3) is 0 Å². The fraction of sp³-hybridized carbons (Fsp3) is 0.778. The van der Waals surface area contributed by atoms with Gasteiger partial charge in [-0.1, -0.05) is 69.2 Å². The molecule has 2 aliphatic carbocycles. The van der Waals surface area contributed by atoms with Crippen LogP contribution in [0, 0.1) is 17.8 Å². The first-order valence-corrected chi connectivity index (χ1v) is 12.7. The van der Waals surface area contributed by atoms with Crippen LogP contribution in [0.1, 0.15) is 113 Å². The molecule has 32 heavy (non-hydrogen) atoms. The Kier molecular flexibility index (Phi) is 9.85. The lowest BCUT2D eigenvalue weighted by atomic mass is 9.68. The molecule has 1 atom stereocenters. The fourth-order valence-corrected chi connectivity index (χ4v) is 6.06. The van der Waals surface area contributed by atoms with Crippen LogP contribution in [0.4, 0.5) is 22.0 Å². The van der Waals surface area contributed by atoms with Crippen molar-refractivity contribution in [1.29, 1.82) is 0 Å². The Morgan fingerprint density at radius 3 is 1.81 bits per heavy atom. The second-order valence-electron chi connectivity index (χ2n) is 10.2. The van der Waals surface area contributed by atoms with E-state index in [1.54, 1.807) is 12.1 Å². The minimum Gasteiger partial charge on any atom is -0.251 e. The predicted octanol–water partition coefficient (Wildman–Crippen LogP) is 9.65. The molecule has 0 nitrogen and oxygen atoms in total. The summed E-state index contributed by atoms with van der Waals surface area (Å²) in [6, 6.07) is 6.01. The molecule has 0 saturated heterocycles. The Hall–Kier alpha value is -1.13. The lowest BCUT2D eigenvalue weighted by Crippen LogP contribution is -2.25. The van der Waals surface area contributed by atoms with Gasteiger partial charge in [0.05, 0.1) is 6.67 Å². The summed E-state index contributed by atoms with van der Waals surface area (Å²) >= 11 is 0. The van der Waals surface area contributed by atoms with Crippen molar-refractivity contribution in [2.24, 2.45) is 17.8 Å². The van der Waals surface area contributed by atoms with Crippen molar-refractivity contribution in [2.75, 3.05) is 6.67 Å². The number of alkyl halides is 5. The van der Waals surface area contributed by atoms with Crippen LogP contribution in [0.3, 0.4) is 0 Å². The van der Waals surface area contributed by atoms with Gasteiger partial charge in [0.25, 0.3) is 0 Å². The van der Waals surface area contributed by atoms with Crippen LogP contribution < -0.4 is 0 Å². The fourth-order valence-electron chi connectivity index (χ4n) is 6.06. The van der Waals surface area contributed by atoms with Crippen LogP contribution in [0.15, 0.2) is 24.3 Å². The standard InChI is InChI=1S/C27H39F5/c28-19-5-3-1-2-4-6-20-7-9-21(10-8-20)22-11-13-23(14-12-22)24-15-17-25(18-16-24)26(29)27(30,31)32/h15-18,20-23,26H,1-14,19H2. The smallest absolute Gasteiger partial charge is 0.251 e. The first-order valence-electron chi connectivity index (χ1n) is 12.7. The van der Waals surface area contributed by atoms with Crippen LogP contribution in [0.5, 0.6) is 0 Å². The highest BCUT2D eigenvalue weighted by Crippen LogP contribution is 2.45. The molecule has 2 aliphatic rings. The Bertz CT molecular complexity index is 637. The summed E-state index contributed by atoms with van der Waals surface area (Å²) < 4.78 is 63.3. The normalized spacial score (nSPS) is 27.9. The van der Waals surface area contributed by atoms with Gasteiger partial charge in [-0.25, -0.2) is 4.39 Å². The van der Waals surface area contributed by atoms with Gasteiger partial charge in [-0.2, -0.15) is 13.2 Å². The van der Waals surface area contributed by atoms with Crippen molar-refractivity contribution in [3.8, 4) is 0 Å². The summed E-state index contributed by atoms with van der Waals surface area (Å²) in [6.45, 7) is -0.181. The zero-order chi connectivity index (χ0) is 23.0. The molecule has 0 N–H and O–H groups in total. The van der Waals surface area contributed by atoms with Crippen LogP contribution in [0.2, 0.25) is 0 Å². The first kappa shape index (κ1) is 25.5. The topological polar surface area (TPSA) is 0 Å². The van der Waals surface area contributed by atoms with Crippen molar-refractivity contribution in [3.05, 3.63) is 35.4 Å². The number of hydrogen-bond acceptors (Lipinski definition) is 0. The molecule has 2 fully saturated rings. The summed E-state index contributed by atoms with van der Waals surface area (Å²) in [4.78, 5) is 0. The lowest BCUT2D eigenvalue weighted by Gasteiger charge is -2.38. The lowest BCUT2D eigenvalue weighted by molar-refractivity contribution is -0.182. The largest absolute Gasteiger partial charge is 0.423 e. The highest BCUT2D eigenvalue weighted by atomic mass is 19.4. The Morgan fingerprint density at radius 1 is 0.719 bits per heavy atom. The van der Waals surface area contributed by atoms with Crippen LogP contribution in [-0.4, -0.2) is 12.9 Å². The zero-order valence-corrected chi connectivity index (χ0v) is 19.2.